The Morgan fingerprint density at radius 3 is 2.59 bits per heavy atom. The summed E-state index contributed by atoms with van der Waals surface area (Å²) in [7, 11) is 0. The van der Waals surface area contributed by atoms with Gasteiger partial charge in [-0.2, -0.15) is 10.4 Å². The third-order valence-electron chi connectivity index (χ3n) is 5.67. The minimum atomic E-state index is -0.790. The normalized spacial score (nSPS) is 12.7. The van der Waals surface area contributed by atoms with E-state index in [4.69, 9.17) is 14.2 Å². The zero-order valence-corrected chi connectivity index (χ0v) is 20.4. The molecule has 188 valence electrons. The number of hydrazone groups is 1. The van der Waals surface area contributed by atoms with Crippen molar-refractivity contribution in [2.24, 2.45) is 11.0 Å². The highest BCUT2D eigenvalue weighted by Gasteiger charge is 2.25. The molecule has 0 aromatic heterocycles. The average Bonchev–Trinajstić information content (AvgIpc) is 3.39. The van der Waals surface area contributed by atoms with Gasteiger partial charge < -0.3 is 19.5 Å². The van der Waals surface area contributed by atoms with E-state index in [2.05, 4.69) is 21.9 Å². The maximum atomic E-state index is 12.7. The predicted octanol–water partition coefficient (Wildman–Crippen LogP) is 3.77. The molecule has 4 rings (SSSR count). The highest BCUT2D eigenvalue weighted by molar-refractivity contribution is 5.98. The first-order chi connectivity index (χ1) is 17.9. The maximum Gasteiger partial charge on any atom is 0.262 e. The highest BCUT2D eigenvalue weighted by atomic mass is 16.7. The van der Waals surface area contributed by atoms with Gasteiger partial charge in [-0.3, -0.25) is 9.59 Å². The minimum absolute atomic E-state index is 0.113. The molecule has 0 bridgehead atoms. The van der Waals surface area contributed by atoms with Gasteiger partial charge in [-0.05, 0) is 60.0 Å². The van der Waals surface area contributed by atoms with Crippen molar-refractivity contribution in [2.75, 3.05) is 6.79 Å². The molecule has 3 aromatic carbocycles. The van der Waals surface area contributed by atoms with Gasteiger partial charge in [0.25, 0.3) is 11.8 Å². The van der Waals surface area contributed by atoms with Crippen molar-refractivity contribution in [1.82, 2.24) is 10.7 Å². The van der Waals surface area contributed by atoms with Crippen LogP contribution in [0.3, 0.4) is 0 Å². The molecule has 1 aliphatic rings. The smallest absolute Gasteiger partial charge is 0.262 e. The van der Waals surface area contributed by atoms with Gasteiger partial charge in [0.1, 0.15) is 18.4 Å². The molecule has 1 heterocycles. The summed E-state index contributed by atoms with van der Waals surface area (Å²) in [6, 6.07) is 20.6. The van der Waals surface area contributed by atoms with Crippen LogP contribution >= 0.6 is 0 Å². The molecule has 3 aromatic rings. The zero-order valence-electron chi connectivity index (χ0n) is 20.4. The summed E-state index contributed by atoms with van der Waals surface area (Å²) in [5.41, 5.74) is 4.99. The quantitative estimate of drug-likeness (QED) is 0.342. The molecule has 9 heteroatoms. The number of hydrogen-bond acceptors (Lipinski definition) is 7. The van der Waals surface area contributed by atoms with Crippen LogP contribution in [0.2, 0.25) is 0 Å². The molecular weight excluding hydrogens is 472 g/mol. The van der Waals surface area contributed by atoms with Crippen molar-refractivity contribution in [2.45, 2.75) is 26.5 Å². The third-order valence-corrected chi connectivity index (χ3v) is 5.67. The molecule has 0 aliphatic carbocycles. The number of nitrogens with one attached hydrogen (secondary N) is 2. The van der Waals surface area contributed by atoms with Crippen molar-refractivity contribution >= 4 is 18.0 Å². The first kappa shape index (κ1) is 25.3. The summed E-state index contributed by atoms with van der Waals surface area (Å²) in [6.45, 7) is 4.06. The molecule has 0 spiro atoms. The van der Waals surface area contributed by atoms with Gasteiger partial charge in [0, 0.05) is 11.1 Å². The molecule has 1 atom stereocenters. The number of rotatable bonds is 9. The van der Waals surface area contributed by atoms with E-state index >= 15 is 0 Å². The molecule has 37 heavy (non-hydrogen) atoms. The fourth-order valence-electron chi connectivity index (χ4n) is 3.60. The number of fused-ring (bicyclic) bond motifs is 1. The zero-order chi connectivity index (χ0) is 26.2. The van der Waals surface area contributed by atoms with Crippen molar-refractivity contribution in [3.05, 3.63) is 89.0 Å². The van der Waals surface area contributed by atoms with Gasteiger partial charge >= 0.3 is 0 Å². The Hall–Kier alpha value is -4.84. The fourth-order valence-corrected chi connectivity index (χ4v) is 3.60. The van der Waals surface area contributed by atoms with Crippen molar-refractivity contribution in [3.8, 4) is 23.3 Å². The van der Waals surface area contributed by atoms with Gasteiger partial charge in [0.15, 0.2) is 11.5 Å². The van der Waals surface area contributed by atoms with E-state index in [0.717, 1.165) is 11.1 Å². The summed E-state index contributed by atoms with van der Waals surface area (Å²) < 4.78 is 16.3. The third kappa shape index (κ3) is 6.44. The van der Waals surface area contributed by atoms with Crippen LogP contribution in [0.1, 0.15) is 40.9 Å². The number of hydrogen-bond donors (Lipinski definition) is 2. The molecule has 0 fully saturated rings. The minimum Gasteiger partial charge on any atom is -0.489 e. The van der Waals surface area contributed by atoms with Crippen molar-refractivity contribution in [3.63, 3.8) is 0 Å². The van der Waals surface area contributed by atoms with E-state index < -0.39 is 17.9 Å². The maximum absolute atomic E-state index is 12.7. The number of carbonyl (C=O) groups is 2. The van der Waals surface area contributed by atoms with E-state index in [1.165, 1.54) is 6.21 Å². The topological polar surface area (TPSA) is 122 Å². The summed E-state index contributed by atoms with van der Waals surface area (Å²) in [4.78, 5) is 25.4. The largest absolute Gasteiger partial charge is 0.489 e. The van der Waals surface area contributed by atoms with Crippen molar-refractivity contribution < 1.29 is 23.8 Å². The molecule has 1 aliphatic heterocycles. The standard InChI is InChI=1S/C28H26N4O5/c1-18(2)26(31-27(33)20-9-12-24-25(13-20)37-17-36-24)28(34)32-30-15-19-7-10-23(11-8-19)35-16-22-6-4-3-5-21(22)14-29/h3-13,15,18,26H,16-17H2,1-2H3,(H,31,33)(H,32,34)/b30-15+. The van der Waals surface area contributed by atoms with Crippen LogP contribution in [0.5, 0.6) is 17.2 Å². The van der Waals surface area contributed by atoms with Crippen LogP contribution in [-0.2, 0) is 11.4 Å². The van der Waals surface area contributed by atoms with Crippen LogP contribution in [0.4, 0.5) is 0 Å². The van der Waals surface area contributed by atoms with Crippen LogP contribution in [0, 0.1) is 17.2 Å². The number of ether oxygens (including phenoxy) is 3. The van der Waals surface area contributed by atoms with Gasteiger partial charge in [-0.25, -0.2) is 5.43 Å². The highest BCUT2D eigenvalue weighted by Crippen LogP contribution is 2.32. The fraction of sp³-hybridized carbons (Fsp3) is 0.214. The monoisotopic (exact) mass is 498 g/mol. The molecule has 0 radical (unpaired) electrons. The number of benzene rings is 3. The average molecular weight is 499 g/mol. The Kier molecular flexibility index (Phi) is 8.01. The van der Waals surface area contributed by atoms with Crippen LogP contribution in [-0.4, -0.2) is 30.9 Å². The summed E-state index contributed by atoms with van der Waals surface area (Å²) >= 11 is 0. The van der Waals surface area contributed by atoms with Gasteiger partial charge in [-0.15, -0.1) is 0 Å². The summed E-state index contributed by atoms with van der Waals surface area (Å²) in [5, 5.41) is 16.0. The summed E-state index contributed by atoms with van der Waals surface area (Å²) in [5.74, 6) is 0.704. The molecule has 9 nitrogen and oxygen atoms in total. The van der Waals surface area contributed by atoms with Gasteiger partial charge in [0.05, 0.1) is 17.8 Å². The van der Waals surface area contributed by atoms with Crippen LogP contribution < -0.4 is 25.0 Å². The molecule has 2 N–H and O–H groups in total. The Bertz CT molecular complexity index is 1350. The van der Waals surface area contributed by atoms with E-state index in [1.54, 1.807) is 48.5 Å². The van der Waals surface area contributed by atoms with Crippen LogP contribution in [0.15, 0.2) is 71.8 Å². The molecule has 2 amide bonds. The Morgan fingerprint density at radius 1 is 1.08 bits per heavy atom. The SMILES string of the molecule is CC(C)C(NC(=O)c1ccc2c(c1)OCO2)C(=O)N/N=C/c1ccc(OCc2ccccc2C#N)cc1. The summed E-state index contributed by atoms with van der Waals surface area (Å²) in [6.07, 6.45) is 1.50. The van der Waals surface area contributed by atoms with Gasteiger partial charge in [-0.1, -0.05) is 32.0 Å². The van der Waals surface area contributed by atoms with Crippen molar-refractivity contribution in [1.29, 1.82) is 5.26 Å². The second kappa shape index (κ2) is 11.7. The first-order valence-electron chi connectivity index (χ1n) is 11.7. The molecule has 0 saturated carbocycles. The van der Waals surface area contributed by atoms with E-state index in [0.29, 0.717) is 28.4 Å². The number of carbonyl (C=O) groups excluding carboxylic acids is 2. The second-order valence-corrected chi connectivity index (χ2v) is 8.62. The van der Waals surface area contributed by atoms with E-state index in [-0.39, 0.29) is 19.3 Å². The molecule has 1 unspecified atom stereocenters. The first-order valence-corrected chi connectivity index (χ1v) is 11.7. The van der Waals surface area contributed by atoms with Crippen LogP contribution in [0.25, 0.3) is 0 Å². The predicted molar refractivity (Wildman–Crippen MR) is 136 cm³/mol. The lowest BCUT2D eigenvalue weighted by Crippen LogP contribution is -2.48. The van der Waals surface area contributed by atoms with E-state index in [1.807, 2.05) is 32.0 Å². The number of amides is 2. The Morgan fingerprint density at radius 2 is 1.84 bits per heavy atom. The number of nitriles is 1. The lowest BCUT2D eigenvalue weighted by molar-refractivity contribution is -0.123. The number of nitrogens with zero attached hydrogens (tertiary/aromatic N) is 2. The lowest BCUT2D eigenvalue weighted by Gasteiger charge is -2.20. The Labute approximate surface area is 214 Å². The molecular formula is C28H26N4O5. The lowest BCUT2D eigenvalue weighted by atomic mass is 10.0. The second-order valence-electron chi connectivity index (χ2n) is 8.62. The molecule has 0 saturated heterocycles. The Balaban J connectivity index is 1.30. The van der Waals surface area contributed by atoms with E-state index in [9.17, 15) is 14.9 Å². The van der Waals surface area contributed by atoms with Gasteiger partial charge in [0.2, 0.25) is 6.79 Å².